The molecule has 2 aromatic carbocycles. The van der Waals surface area contributed by atoms with Crippen molar-refractivity contribution in [1.29, 1.82) is 0 Å². The molecule has 8 nitrogen and oxygen atoms in total. The smallest absolute Gasteiger partial charge is 0.262 e. The molecular weight excluding hydrogens is 388 g/mol. The molecule has 1 aliphatic rings. The van der Waals surface area contributed by atoms with Gasteiger partial charge in [-0.1, -0.05) is 12.1 Å². The summed E-state index contributed by atoms with van der Waals surface area (Å²) >= 11 is 0. The largest absolute Gasteiger partial charge is 0.495 e. The van der Waals surface area contributed by atoms with Crippen LogP contribution in [0.5, 0.6) is 17.2 Å². The number of anilines is 1. The van der Waals surface area contributed by atoms with Gasteiger partial charge in [0.2, 0.25) is 0 Å². The predicted octanol–water partition coefficient (Wildman–Crippen LogP) is 2.32. The fraction of sp³-hybridized carbons (Fsp3) is 0.364. The van der Waals surface area contributed by atoms with Gasteiger partial charge in [-0.05, 0) is 43.7 Å². The molecule has 1 saturated heterocycles. The Morgan fingerprint density at radius 3 is 2.50 bits per heavy atom. The van der Waals surface area contributed by atoms with Crippen LogP contribution < -0.4 is 19.5 Å². The van der Waals surface area contributed by atoms with E-state index in [1.807, 2.05) is 6.07 Å². The predicted molar refractivity (Wildman–Crippen MR) is 111 cm³/mol. The second-order valence-corrected chi connectivity index (χ2v) is 7.38. The van der Waals surface area contributed by atoms with Crippen molar-refractivity contribution in [3.05, 3.63) is 48.0 Å². The Kier molecular flexibility index (Phi) is 6.47. The van der Waals surface area contributed by atoms with Gasteiger partial charge in [0.15, 0.2) is 18.1 Å². The van der Waals surface area contributed by atoms with Gasteiger partial charge < -0.3 is 29.5 Å². The number of benzene rings is 2. The van der Waals surface area contributed by atoms with Crippen LogP contribution in [0.25, 0.3) is 0 Å². The number of β-amino-alcohol motifs (C(OH)–C–C–N with tert-alkyl or cyclic N) is 1. The topological polar surface area (TPSA) is 97.3 Å². The maximum Gasteiger partial charge on any atom is 0.262 e. The van der Waals surface area contributed by atoms with Crippen LogP contribution in [-0.4, -0.2) is 61.3 Å². The minimum Gasteiger partial charge on any atom is -0.495 e. The van der Waals surface area contributed by atoms with Crippen LogP contribution in [0.2, 0.25) is 0 Å². The maximum atomic E-state index is 12.7. The molecule has 0 aliphatic carbocycles. The molecule has 2 N–H and O–H groups in total. The Labute approximate surface area is 175 Å². The normalized spacial score (nSPS) is 18.1. The Morgan fingerprint density at radius 1 is 1.10 bits per heavy atom. The molecular formula is C22H26N2O6. The van der Waals surface area contributed by atoms with Gasteiger partial charge in [0.1, 0.15) is 5.75 Å². The average molecular weight is 414 g/mol. The zero-order chi connectivity index (χ0) is 21.7. The van der Waals surface area contributed by atoms with Gasteiger partial charge in [0, 0.05) is 18.7 Å². The third-order valence-electron chi connectivity index (χ3n) is 4.89. The zero-order valence-corrected chi connectivity index (χ0v) is 17.3. The van der Waals surface area contributed by atoms with Crippen molar-refractivity contribution < 1.29 is 28.9 Å². The lowest BCUT2D eigenvalue weighted by Gasteiger charge is -2.19. The summed E-state index contributed by atoms with van der Waals surface area (Å²) in [4.78, 5) is 26.5. The number of nitrogens with zero attached hydrogens (tertiary/aromatic N) is 1. The first-order valence-electron chi connectivity index (χ1n) is 9.58. The Balaban J connectivity index is 1.64. The van der Waals surface area contributed by atoms with Crippen LogP contribution >= 0.6 is 0 Å². The second kappa shape index (κ2) is 9.04. The summed E-state index contributed by atoms with van der Waals surface area (Å²) in [6.45, 7) is 2.26. The van der Waals surface area contributed by atoms with Gasteiger partial charge >= 0.3 is 0 Å². The molecule has 1 fully saturated rings. The highest BCUT2D eigenvalue weighted by Crippen LogP contribution is 2.30. The van der Waals surface area contributed by atoms with Crippen molar-refractivity contribution in [3.63, 3.8) is 0 Å². The molecule has 0 bridgehead atoms. The minimum atomic E-state index is -0.863. The number of carbonyl (C=O) groups is 2. The molecule has 1 aliphatic heterocycles. The van der Waals surface area contributed by atoms with Crippen LogP contribution in [0, 0.1) is 0 Å². The number of ether oxygens (including phenoxy) is 3. The van der Waals surface area contributed by atoms with Crippen molar-refractivity contribution in [2.75, 3.05) is 39.2 Å². The highest BCUT2D eigenvalue weighted by atomic mass is 16.5. The summed E-state index contributed by atoms with van der Waals surface area (Å²) in [5, 5.41) is 12.8. The number of hydrogen-bond donors (Lipinski definition) is 2. The van der Waals surface area contributed by atoms with Crippen LogP contribution in [0.4, 0.5) is 5.69 Å². The number of hydrogen-bond acceptors (Lipinski definition) is 6. The molecule has 0 spiro atoms. The number of rotatable bonds is 7. The highest BCUT2D eigenvalue weighted by molar-refractivity contribution is 5.95. The SMILES string of the molecule is COc1ccccc1NC(=O)COc1ccc(C(=O)N2CCC(C)(O)C2)cc1OC. The Bertz CT molecular complexity index is 928. The zero-order valence-electron chi connectivity index (χ0n) is 17.3. The molecule has 30 heavy (non-hydrogen) atoms. The molecule has 0 saturated carbocycles. The quantitative estimate of drug-likeness (QED) is 0.722. The molecule has 1 unspecified atom stereocenters. The molecule has 1 heterocycles. The van der Waals surface area contributed by atoms with Crippen molar-refractivity contribution >= 4 is 17.5 Å². The van der Waals surface area contributed by atoms with E-state index in [0.717, 1.165) is 0 Å². The van der Waals surface area contributed by atoms with Gasteiger partial charge in [0.05, 0.1) is 25.5 Å². The summed E-state index contributed by atoms with van der Waals surface area (Å²) in [7, 11) is 2.99. The lowest BCUT2D eigenvalue weighted by Crippen LogP contribution is -2.33. The highest BCUT2D eigenvalue weighted by Gasteiger charge is 2.34. The van der Waals surface area contributed by atoms with E-state index in [1.54, 1.807) is 48.2 Å². The monoisotopic (exact) mass is 414 g/mol. The fourth-order valence-electron chi connectivity index (χ4n) is 3.30. The van der Waals surface area contributed by atoms with E-state index >= 15 is 0 Å². The van der Waals surface area contributed by atoms with Crippen LogP contribution in [0.15, 0.2) is 42.5 Å². The lowest BCUT2D eigenvalue weighted by atomic mass is 10.1. The van der Waals surface area contributed by atoms with Crippen molar-refractivity contribution in [1.82, 2.24) is 4.90 Å². The number of methoxy groups -OCH3 is 2. The molecule has 3 rings (SSSR count). The van der Waals surface area contributed by atoms with E-state index in [9.17, 15) is 14.7 Å². The van der Waals surface area contributed by atoms with Crippen molar-refractivity contribution in [2.45, 2.75) is 18.9 Å². The van der Waals surface area contributed by atoms with E-state index in [4.69, 9.17) is 14.2 Å². The van der Waals surface area contributed by atoms with Crippen molar-refractivity contribution in [2.24, 2.45) is 0 Å². The average Bonchev–Trinajstić information content (AvgIpc) is 3.11. The Hall–Kier alpha value is -3.26. The first-order chi connectivity index (χ1) is 14.3. The van der Waals surface area contributed by atoms with E-state index in [0.29, 0.717) is 41.5 Å². The van der Waals surface area contributed by atoms with E-state index in [2.05, 4.69) is 5.32 Å². The number of nitrogens with one attached hydrogen (secondary N) is 1. The first kappa shape index (κ1) is 21.4. The Morgan fingerprint density at radius 2 is 1.83 bits per heavy atom. The molecule has 0 aromatic heterocycles. The van der Waals surface area contributed by atoms with E-state index in [1.165, 1.54) is 14.2 Å². The molecule has 160 valence electrons. The molecule has 2 amide bonds. The van der Waals surface area contributed by atoms with Gasteiger partial charge in [0.25, 0.3) is 11.8 Å². The summed E-state index contributed by atoms with van der Waals surface area (Å²) < 4.78 is 16.1. The number of aliphatic hydroxyl groups is 1. The van der Waals surface area contributed by atoms with Crippen LogP contribution in [0.3, 0.4) is 0 Å². The van der Waals surface area contributed by atoms with Gasteiger partial charge in [-0.3, -0.25) is 9.59 Å². The van der Waals surface area contributed by atoms with Crippen LogP contribution in [0.1, 0.15) is 23.7 Å². The van der Waals surface area contributed by atoms with Crippen LogP contribution in [-0.2, 0) is 4.79 Å². The standard InChI is InChI=1S/C22H26N2O6/c1-22(27)10-11-24(14-22)21(26)15-8-9-18(19(12-15)29-3)30-13-20(25)23-16-6-4-5-7-17(16)28-2/h4-9,12,27H,10-11,13-14H2,1-3H3,(H,23,25). The summed E-state index contributed by atoms with van der Waals surface area (Å²) in [6, 6.07) is 11.9. The minimum absolute atomic E-state index is 0.188. The third-order valence-corrected chi connectivity index (χ3v) is 4.89. The third kappa shape index (κ3) is 5.01. The van der Waals surface area contributed by atoms with Crippen molar-refractivity contribution in [3.8, 4) is 17.2 Å². The molecule has 8 heteroatoms. The van der Waals surface area contributed by atoms with E-state index < -0.39 is 5.60 Å². The molecule has 1 atom stereocenters. The molecule has 2 aromatic rings. The number of carbonyl (C=O) groups excluding carboxylic acids is 2. The summed E-state index contributed by atoms with van der Waals surface area (Å²) in [5.41, 5.74) is 0.107. The van der Waals surface area contributed by atoms with Gasteiger partial charge in [-0.15, -0.1) is 0 Å². The fourth-order valence-corrected chi connectivity index (χ4v) is 3.30. The first-order valence-corrected chi connectivity index (χ1v) is 9.58. The molecule has 0 radical (unpaired) electrons. The number of amides is 2. The van der Waals surface area contributed by atoms with E-state index in [-0.39, 0.29) is 25.0 Å². The lowest BCUT2D eigenvalue weighted by molar-refractivity contribution is -0.118. The van der Waals surface area contributed by atoms with Gasteiger partial charge in [-0.25, -0.2) is 0 Å². The van der Waals surface area contributed by atoms with Gasteiger partial charge in [-0.2, -0.15) is 0 Å². The summed E-state index contributed by atoms with van der Waals surface area (Å²) in [5.74, 6) is 0.689. The summed E-state index contributed by atoms with van der Waals surface area (Å²) in [6.07, 6.45) is 0.540. The number of likely N-dealkylation sites (tertiary alicyclic amines) is 1. The maximum absolute atomic E-state index is 12.7. The number of para-hydroxylation sites is 2. The second-order valence-electron chi connectivity index (χ2n) is 7.38.